The standard InChI is InChI=1S/C17H27N3O3/c1-13-6-7-15(14(2)10-13)19-17(22)12-20(3)11-16(21)18-8-5-9-23-4/h6-7,10H,5,8-9,11-12H2,1-4H3,(H,18,21)(H,19,22). The number of nitrogens with one attached hydrogen (secondary N) is 2. The number of amides is 2. The molecule has 0 aliphatic heterocycles. The van der Waals surface area contributed by atoms with Crippen LogP contribution in [0.5, 0.6) is 0 Å². The molecular formula is C17H27N3O3. The second kappa shape index (κ2) is 9.97. The highest BCUT2D eigenvalue weighted by molar-refractivity contribution is 5.93. The topological polar surface area (TPSA) is 70.7 Å². The third kappa shape index (κ3) is 7.76. The van der Waals surface area contributed by atoms with Crippen LogP contribution in [-0.4, -0.2) is 57.1 Å². The second-order valence-corrected chi connectivity index (χ2v) is 5.74. The van der Waals surface area contributed by atoms with Gasteiger partial charge in [-0.3, -0.25) is 14.5 Å². The normalized spacial score (nSPS) is 10.7. The number of aryl methyl sites for hydroxylation is 2. The lowest BCUT2D eigenvalue weighted by Crippen LogP contribution is -2.39. The average molecular weight is 321 g/mol. The number of carbonyl (C=O) groups excluding carboxylic acids is 2. The lowest BCUT2D eigenvalue weighted by molar-refractivity contribution is -0.123. The Hall–Kier alpha value is -1.92. The highest BCUT2D eigenvalue weighted by Crippen LogP contribution is 2.15. The first-order chi connectivity index (χ1) is 10.9. The summed E-state index contributed by atoms with van der Waals surface area (Å²) < 4.78 is 4.92. The van der Waals surface area contributed by atoms with Gasteiger partial charge in [-0.15, -0.1) is 0 Å². The third-order valence-corrected chi connectivity index (χ3v) is 3.33. The van der Waals surface area contributed by atoms with E-state index in [0.29, 0.717) is 13.2 Å². The van der Waals surface area contributed by atoms with Crippen molar-refractivity contribution in [1.29, 1.82) is 0 Å². The van der Waals surface area contributed by atoms with Gasteiger partial charge in [0.25, 0.3) is 0 Å². The molecule has 6 heteroatoms. The summed E-state index contributed by atoms with van der Waals surface area (Å²) in [7, 11) is 3.38. The number of hydrogen-bond acceptors (Lipinski definition) is 4. The van der Waals surface area contributed by atoms with Crippen molar-refractivity contribution in [2.24, 2.45) is 0 Å². The molecule has 0 saturated heterocycles. The van der Waals surface area contributed by atoms with Gasteiger partial charge < -0.3 is 15.4 Å². The van der Waals surface area contributed by atoms with E-state index in [4.69, 9.17) is 4.74 Å². The molecule has 0 unspecified atom stereocenters. The number of methoxy groups -OCH3 is 1. The van der Waals surface area contributed by atoms with Crippen molar-refractivity contribution >= 4 is 17.5 Å². The molecule has 0 fully saturated rings. The van der Waals surface area contributed by atoms with Gasteiger partial charge in [-0.2, -0.15) is 0 Å². The van der Waals surface area contributed by atoms with Crippen molar-refractivity contribution < 1.29 is 14.3 Å². The first-order valence-corrected chi connectivity index (χ1v) is 7.73. The summed E-state index contributed by atoms with van der Waals surface area (Å²) in [5, 5.41) is 5.67. The molecule has 0 heterocycles. The fourth-order valence-corrected chi connectivity index (χ4v) is 2.19. The molecule has 0 spiro atoms. The van der Waals surface area contributed by atoms with Gasteiger partial charge in [0.15, 0.2) is 0 Å². The maximum absolute atomic E-state index is 12.0. The number of ether oxygens (including phenoxy) is 1. The molecule has 1 aromatic carbocycles. The minimum atomic E-state index is -0.133. The molecular weight excluding hydrogens is 294 g/mol. The van der Waals surface area contributed by atoms with Crippen LogP contribution in [0.1, 0.15) is 17.5 Å². The maximum atomic E-state index is 12.0. The smallest absolute Gasteiger partial charge is 0.238 e. The van der Waals surface area contributed by atoms with E-state index in [1.165, 1.54) is 0 Å². The highest BCUT2D eigenvalue weighted by Gasteiger charge is 2.11. The zero-order chi connectivity index (χ0) is 17.2. The van der Waals surface area contributed by atoms with E-state index in [1.54, 1.807) is 19.1 Å². The van der Waals surface area contributed by atoms with Crippen molar-refractivity contribution in [3.05, 3.63) is 29.3 Å². The zero-order valence-corrected chi connectivity index (χ0v) is 14.4. The number of hydrogen-bond donors (Lipinski definition) is 2. The van der Waals surface area contributed by atoms with E-state index >= 15 is 0 Å². The summed E-state index contributed by atoms with van der Waals surface area (Å²) in [6, 6.07) is 5.87. The van der Waals surface area contributed by atoms with Gasteiger partial charge in [-0.25, -0.2) is 0 Å². The van der Waals surface area contributed by atoms with Crippen LogP contribution in [-0.2, 0) is 14.3 Å². The van der Waals surface area contributed by atoms with Gasteiger partial charge in [0.05, 0.1) is 13.1 Å². The molecule has 0 atom stereocenters. The maximum Gasteiger partial charge on any atom is 0.238 e. The number of likely N-dealkylation sites (N-methyl/N-ethyl adjacent to an activating group) is 1. The first-order valence-electron chi connectivity index (χ1n) is 7.73. The highest BCUT2D eigenvalue weighted by atomic mass is 16.5. The third-order valence-electron chi connectivity index (χ3n) is 3.33. The summed E-state index contributed by atoms with van der Waals surface area (Å²) in [5.74, 6) is -0.227. The van der Waals surface area contributed by atoms with Gasteiger partial charge >= 0.3 is 0 Å². The zero-order valence-electron chi connectivity index (χ0n) is 14.4. The van der Waals surface area contributed by atoms with Crippen LogP contribution in [0.15, 0.2) is 18.2 Å². The molecule has 1 rings (SSSR count). The lowest BCUT2D eigenvalue weighted by atomic mass is 10.1. The van der Waals surface area contributed by atoms with Crippen LogP contribution in [0.2, 0.25) is 0 Å². The molecule has 0 bridgehead atoms. The molecule has 6 nitrogen and oxygen atoms in total. The average Bonchev–Trinajstić information content (AvgIpc) is 2.46. The molecule has 0 saturated carbocycles. The van der Waals surface area contributed by atoms with Gasteiger partial charge in [0.2, 0.25) is 11.8 Å². The predicted molar refractivity (Wildman–Crippen MR) is 91.5 cm³/mol. The minimum absolute atomic E-state index is 0.0945. The monoisotopic (exact) mass is 321 g/mol. The van der Waals surface area contributed by atoms with Gasteiger partial charge in [0.1, 0.15) is 0 Å². The Kier molecular flexibility index (Phi) is 8.29. The Bertz CT molecular complexity index is 532. The molecule has 0 aliphatic rings. The second-order valence-electron chi connectivity index (χ2n) is 5.74. The van der Waals surface area contributed by atoms with E-state index in [1.807, 2.05) is 32.0 Å². The van der Waals surface area contributed by atoms with Crippen LogP contribution >= 0.6 is 0 Å². The summed E-state index contributed by atoms with van der Waals surface area (Å²) >= 11 is 0. The fraction of sp³-hybridized carbons (Fsp3) is 0.529. The van der Waals surface area contributed by atoms with E-state index < -0.39 is 0 Å². The summed E-state index contributed by atoms with van der Waals surface area (Å²) in [6.07, 6.45) is 0.777. The molecule has 23 heavy (non-hydrogen) atoms. The fourth-order valence-electron chi connectivity index (χ4n) is 2.19. The van der Waals surface area contributed by atoms with Crippen LogP contribution in [0, 0.1) is 13.8 Å². The summed E-state index contributed by atoms with van der Waals surface area (Å²) in [5.41, 5.74) is 2.98. The van der Waals surface area contributed by atoms with E-state index in [2.05, 4.69) is 10.6 Å². The van der Waals surface area contributed by atoms with Crippen LogP contribution in [0.4, 0.5) is 5.69 Å². The Balaban J connectivity index is 2.34. The molecule has 2 amide bonds. The first kappa shape index (κ1) is 19.1. The van der Waals surface area contributed by atoms with Crippen molar-refractivity contribution in [1.82, 2.24) is 10.2 Å². The predicted octanol–water partition coefficient (Wildman–Crippen LogP) is 1.33. The minimum Gasteiger partial charge on any atom is -0.385 e. The Morgan fingerprint density at radius 3 is 2.52 bits per heavy atom. The van der Waals surface area contributed by atoms with E-state index in [-0.39, 0.29) is 24.9 Å². The number of anilines is 1. The Morgan fingerprint density at radius 1 is 1.17 bits per heavy atom. The molecule has 0 radical (unpaired) electrons. The SMILES string of the molecule is COCCCNC(=O)CN(C)CC(=O)Nc1ccc(C)cc1C. The quantitative estimate of drug-likeness (QED) is 0.673. The Labute approximate surface area is 138 Å². The summed E-state index contributed by atoms with van der Waals surface area (Å²) in [6.45, 7) is 5.52. The molecule has 0 aromatic heterocycles. The van der Waals surface area contributed by atoms with Gasteiger partial charge in [-0.05, 0) is 38.9 Å². The number of nitrogens with zero attached hydrogens (tertiary/aromatic N) is 1. The van der Waals surface area contributed by atoms with E-state index in [0.717, 1.165) is 23.2 Å². The van der Waals surface area contributed by atoms with Crippen molar-refractivity contribution in [3.8, 4) is 0 Å². The van der Waals surface area contributed by atoms with Crippen molar-refractivity contribution in [2.45, 2.75) is 20.3 Å². The van der Waals surface area contributed by atoms with E-state index in [9.17, 15) is 9.59 Å². The van der Waals surface area contributed by atoms with Gasteiger partial charge in [-0.1, -0.05) is 17.7 Å². The van der Waals surface area contributed by atoms with Crippen LogP contribution in [0.25, 0.3) is 0 Å². The molecule has 128 valence electrons. The molecule has 1 aromatic rings. The number of benzene rings is 1. The molecule has 0 aliphatic carbocycles. The summed E-state index contributed by atoms with van der Waals surface area (Å²) in [4.78, 5) is 25.4. The van der Waals surface area contributed by atoms with Crippen molar-refractivity contribution in [3.63, 3.8) is 0 Å². The largest absolute Gasteiger partial charge is 0.385 e. The van der Waals surface area contributed by atoms with Gasteiger partial charge in [0, 0.05) is 25.9 Å². The number of rotatable bonds is 9. The lowest BCUT2D eigenvalue weighted by Gasteiger charge is -2.16. The molecule has 2 N–H and O–H groups in total. The van der Waals surface area contributed by atoms with Crippen LogP contribution < -0.4 is 10.6 Å². The number of carbonyl (C=O) groups is 2. The van der Waals surface area contributed by atoms with Crippen molar-refractivity contribution in [2.75, 3.05) is 45.7 Å². The van der Waals surface area contributed by atoms with Crippen LogP contribution in [0.3, 0.4) is 0 Å². The Morgan fingerprint density at radius 2 is 1.87 bits per heavy atom.